The molecule has 5 nitrogen and oxygen atoms in total. The van der Waals surface area contributed by atoms with Crippen LogP contribution in [0.3, 0.4) is 0 Å². The Bertz CT molecular complexity index is 594. The summed E-state index contributed by atoms with van der Waals surface area (Å²) in [5.41, 5.74) is 6.00. The molecule has 1 aromatic heterocycles. The molecule has 2 rings (SSSR count). The van der Waals surface area contributed by atoms with Gasteiger partial charge in [-0.25, -0.2) is 4.98 Å². The van der Waals surface area contributed by atoms with Crippen molar-refractivity contribution in [3.63, 3.8) is 0 Å². The number of rotatable bonds is 2. The molecular weight excluding hydrogens is 240 g/mol. The Morgan fingerprint density at radius 2 is 2.18 bits per heavy atom. The Morgan fingerprint density at radius 3 is 2.94 bits per heavy atom. The van der Waals surface area contributed by atoms with Crippen LogP contribution < -0.4 is 10.5 Å². The molecule has 6 heteroatoms. The fourth-order valence-electron chi connectivity index (χ4n) is 1.18. The quantitative estimate of drug-likeness (QED) is 0.879. The Hall–Kier alpha value is -2.32. The topological polar surface area (TPSA) is 84.8 Å². The molecule has 0 saturated carbocycles. The summed E-state index contributed by atoms with van der Waals surface area (Å²) < 4.78 is 5.42. The Labute approximate surface area is 102 Å². The first-order chi connectivity index (χ1) is 8.20. The minimum absolute atomic E-state index is 0.146. The molecule has 2 aromatic rings. The molecule has 84 valence electrons. The zero-order valence-corrected chi connectivity index (χ0v) is 9.35. The predicted octanol–water partition coefficient (Wildman–Crippen LogP) is 2.38. The van der Waals surface area contributed by atoms with Crippen LogP contribution >= 0.6 is 11.6 Å². The van der Waals surface area contributed by atoms with Crippen LogP contribution in [0.4, 0.5) is 5.82 Å². The average Bonchev–Trinajstić information content (AvgIpc) is 2.35. The smallest absolute Gasteiger partial charge is 0.243 e. The summed E-state index contributed by atoms with van der Waals surface area (Å²) in [5, 5.41) is 8.90. The van der Waals surface area contributed by atoms with E-state index in [9.17, 15) is 0 Å². The highest BCUT2D eigenvalue weighted by Gasteiger charge is 2.08. The maximum absolute atomic E-state index is 8.75. The highest BCUT2D eigenvalue weighted by Crippen LogP contribution is 2.29. The number of hydrogen-bond donors (Lipinski definition) is 1. The molecule has 0 radical (unpaired) electrons. The van der Waals surface area contributed by atoms with E-state index in [2.05, 4.69) is 9.97 Å². The third-order valence-electron chi connectivity index (χ3n) is 1.96. The van der Waals surface area contributed by atoms with E-state index in [0.29, 0.717) is 11.3 Å². The van der Waals surface area contributed by atoms with Gasteiger partial charge in [0.1, 0.15) is 22.9 Å². The van der Waals surface area contributed by atoms with Crippen LogP contribution in [-0.4, -0.2) is 9.97 Å². The van der Waals surface area contributed by atoms with Crippen LogP contribution in [0.1, 0.15) is 5.56 Å². The van der Waals surface area contributed by atoms with E-state index < -0.39 is 0 Å². The van der Waals surface area contributed by atoms with Gasteiger partial charge in [0.05, 0.1) is 11.6 Å². The highest BCUT2D eigenvalue weighted by atomic mass is 35.5. The van der Waals surface area contributed by atoms with Crippen molar-refractivity contribution in [2.24, 2.45) is 0 Å². The van der Waals surface area contributed by atoms with Gasteiger partial charge in [-0.2, -0.15) is 10.2 Å². The fraction of sp³-hybridized carbons (Fsp3) is 0. The van der Waals surface area contributed by atoms with Crippen LogP contribution in [0.25, 0.3) is 0 Å². The maximum atomic E-state index is 8.75. The summed E-state index contributed by atoms with van der Waals surface area (Å²) in [6.45, 7) is 0. The molecule has 0 bridgehead atoms. The van der Waals surface area contributed by atoms with Gasteiger partial charge < -0.3 is 10.5 Å². The minimum Gasteiger partial charge on any atom is -0.437 e. The van der Waals surface area contributed by atoms with E-state index in [1.807, 2.05) is 6.07 Å². The van der Waals surface area contributed by atoms with Crippen LogP contribution in [0.5, 0.6) is 11.6 Å². The zero-order valence-electron chi connectivity index (χ0n) is 8.59. The highest BCUT2D eigenvalue weighted by molar-refractivity contribution is 6.34. The minimum atomic E-state index is 0.146. The molecule has 0 fully saturated rings. The molecule has 0 aliphatic carbocycles. The summed E-state index contributed by atoms with van der Waals surface area (Å²) in [4.78, 5) is 7.58. The lowest BCUT2D eigenvalue weighted by atomic mass is 10.2. The zero-order chi connectivity index (χ0) is 12.3. The molecule has 0 spiro atoms. The van der Waals surface area contributed by atoms with E-state index >= 15 is 0 Å². The van der Waals surface area contributed by atoms with E-state index in [0.717, 1.165) is 0 Å². The molecule has 1 aromatic carbocycles. The summed E-state index contributed by atoms with van der Waals surface area (Å²) in [5.74, 6) is 0.770. The second-order valence-corrected chi connectivity index (χ2v) is 3.50. The SMILES string of the molecule is N#Cc1cccc(Oc2ncnc(N)c2Cl)c1. The number of benzene rings is 1. The molecule has 2 N–H and O–H groups in total. The van der Waals surface area contributed by atoms with E-state index in [1.165, 1.54) is 6.33 Å². The van der Waals surface area contributed by atoms with Crippen LogP contribution in [-0.2, 0) is 0 Å². The maximum Gasteiger partial charge on any atom is 0.243 e. The van der Waals surface area contributed by atoms with Gasteiger partial charge in [-0.1, -0.05) is 17.7 Å². The van der Waals surface area contributed by atoms with Crippen molar-refractivity contribution in [2.75, 3.05) is 5.73 Å². The number of nitriles is 1. The third-order valence-corrected chi connectivity index (χ3v) is 2.32. The van der Waals surface area contributed by atoms with Gasteiger partial charge in [0.2, 0.25) is 5.88 Å². The Balaban J connectivity index is 2.32. The number of aromatic nitrogens is 2. The number of nitrogen functional groups attached to an aromatic ring is 1. The van der Waals surface area contributed by atoms with Crippen molar-refractivity contribution in [1.82, 2.24) is 9.97 Å². The lowest BCUT2D eigenvalue weighted by Gasteiger charge is -2.06. The largest absolute Gasteiger partial charge is 0.437 e. The van der Waals surface area contributed by atoms with Crippen molar-refractivity contribution in [3.8, 4) is 17.7 Å². The lowest BCUT2D eigenvalue weighted by Crippen LogP contribution is -1.96. The van der Waals surface area contributed by atoms with Gasteiger partial charge in [-0.15, -0.1) is 0 Å². The second-order valence-electron chi connectivity index (χ2n) is 3.12. The Morgan fingerprint density at radius 1 is 1.35 bits per heavy atom. The van der Waals surface area contributed by atoms with Crippen molar-refractivity contribution < 1.29 is 4.74 Å². The monoisotopic (exact) mass is 246 g/mol. The molecule has 0 amide bonds. The van der Waals surface area contributed by atoms with Gasteiger partial charge in [0.25, 0.3) is 0 Å². The fourth-order valence-corrected chi connectivity index (χ4v) is 1.31. The van der Waals surface area contributed by atoms with Gasteiger partial charge >= 0.3 is 0 Å². The molecule has 17 heavy (non-hydrogen) atoms. The number of anilines is 1. The van der Waals surface area contributed by atoms with Crippen LogP contribution in [0, 0.1) is 11.3 Å². The first-order valence-electron chi connectivity index (χ1n) is 4.64. The molecule has 0 saturated heterocycles. The average molecular weight is 247 g/mol. The van der Waals surface area contributed by atoms with Crippen molar-refractivity contribution in [2.45, 2.75) is 0 Å². The number of nitrogens with two attached hydrogens (primary N) is 1. The van der Waals surface area contributed by atoms with Gasteiger partial charge in [-0.05, 0) is 18.2 Å². The molecule has 1 heterocycles. The van der Waals surface area contributed by atoms with Gasteiger partial charge in [0.15, 0.2) is 0 Å². The number of nitrogens with zero attached hydrogens (tertiary/aromatic N) is 3. The lowest BCUT2D eigenvalue weighted by molar-refractivity contribution is 0.462. The van der Waals surface area contributed by atoms with E-state index in [1.54, 1.807) is 24.3 Å². The molecule has 0 atom stereocenters. The first kappa shape index (κ1) is 11.2. The first-order valence-corrected chi connectivity index (χ1v) is 5.02. The standard InChI is InChI=1S/C11H7ClN4O/c12-9-10(14)15-6-16-11(9)17-8-3-1-2-7(4-8)5-13/h1-4,6H,(H2,14,15,16). The summed E-state index contributed by atoms with van der Waals surface area (Å²) in [6, 6.07) is 8.65. The van der Waals surface area contributed by atoms with Crippen LogP contribution in [0.15, 0.2) is 30.6 Å². The second kappa shape index (κ2) is 4.68. The van der Waals surface area contributed by atoms with E-state index in [-0.39, 0.29) is 16.7 Å². The van der Waals surface area contributed by atoms with Crippen molar-refractivity contribution in [3.05, 3.63) is 41.2 Å². The summed E-state index contributed by atoms with van der Waals surface area (Å²) >= 11 is 5.88. The van der Waals surface area contributed by atoms with E-state index in [4.69, 9.17) is 27.3 Å². The molecule has 0 unspecified atom stereocenters. The van der Waals surface area contributed by atoms with Gasteiger partial charge in [-0.3, -0.25) is 0 Å². The molecule has 0 aliphatic heterocycles. The number of hydrogen-bond acceptors (Lipinski definition) is 5. The number of ether oxygens (including phenoxy) is 1. The third kappa shape index (κ3) is 2.44. The molecule has 0 aliphatic rings. The number of halogens is 1. The van der Waals surface area contributed by atoms with Crippen LogP contribution in [0.2, 0.25) is 5.02 Å². The molecular formula is C11H7ClN4O. The van der Waals surface area contributed by atoms with Crippen molar-refractivity contribution >= 4 is 17.4 Å². The summed E-state index contributed by atoms with van der Waals surface area (Å²) in [6.07, 6.45) is 1.25. The predicted molar refractivity (Wildman–Crippen MR) is 62.7 cm³/mol. The summed E-state index contributed by atoms with van der Waals surface area (Å²) in [7, 11) is 0. The van der Waals surface area contributed by atoms with Crippen molar-refractivity contribution in [1.29, 1.82) is 5.26 Å². The normalized spacial score (nSPS) is 9.65. The Kier molecular flexibility index (Phi) is 3.08. The van der Waals surface area contributed by atoms with Gasteiger partial charge in [0, 0.05) is 0 Å².